The molecule has 1 heterocycles. The number of rotatable bonds is 7. The van der Waals surface area contributed by atoms with Crippen LogP contribution in [-0.4, -0.2) is 29.3 Å². The van der Waals surface area contributed by atoms with Gasteiger partial charge in [0.15, 0.2) is 18.1 Å². The molecule has 0 aliphatic carbocycles. The largest absolute Gasteiger partial charge is 0.490 e. The van der Waals surface area contributed by atoms with Crippen molar-refractivity contribution in [2.24, 2.45) is 0 Å². The first-order valence-electron chi connectivity index (χ1n) is 9.95. The van der Waals surface area contributed by atoms with Gasteiger partial charge in [-0.1, -0.05) is 60.4 Å². The maximum absolute atomic E-state index is 12.4. The fraction of sp³-hybridized carbons (Fsp3) is 0.125. The van der Waals surface area contributed by atoms with Crippen LogP contribution >= 0.6 is 24.0 Å². The molecular weight excluding hydrogens is 444 g/mol. The van der Waals surface area contributed by atoms with E-state index in [4.69, 9.17) is 21.7 Å². The number of benzene rings is 3. The third kappa shape index (κ3) is 5.27. The van der Waals surface area contributed by atoms with Gasteiger partial charge in [0.05, 0.1) is 11.5 Å². The summed E-state index contributed by atoms with van der Waals surface area (Å²) in [6.45, 7) is 2.12. The van der Waals surface area contributed by atoms with Gasteiger partial charge < -0.3 is 20.1 Å². The zero-order chi connectivity index (χ0) is 22.5. The Kier molecular flexibility index (Phi) is 6.72. The number of amides is 2. The summed E-state index contributed by atoms with van der Waals surface area (Å²) < 4.78 is 11.8. The number of hydrogen-bond acceptors (Lipinski definition) is 6. The van der Waals surface area contributed by atoms with Crippen molar-refractivity contribution < 1.29 is 19.1 Å². The van der Waals surface area contributed by atoms with E-state index in [1.807, 2.05) is 49.4 Å². The normalized spacial score (nSPS) is 14.5. The second kappa shape index (κ2) is 9.84. The van der Waals surface area contributed by atoms with Crippen molar-refractivity contribution >= 4 is 62.7 Å². The summed E-state index contributed by atoms with van der Waals surface area (Å²) in [4.78, 5) is 24.8. The molecule has 0 bridgehead atoms. The highest BCUT2D eigenvalue weighted by Gasteiger charge is 2.22. The van der Waals surface area contributed by atoms with Crippen molar-refractivity contribution in [1.29, 1.82) is 0 Å². The van der Waals surface area contributed by atoms with Crippen LogP contribution in [-0.2, 0) is 9.59 Å². The number of thiocarbonyl (C=S) groups is 1. The van der Waals surface area contributed by atoms with Crippen LogP contribution < -0.4 is 20.1 Å². The average Bonchev–Trinajstić information content (AvgIpc) is 3.09. The van der Waals surface area contributed by atoms with E-state index in [0.29, 0.717) is 33.0 Å². The van der Waals surface area contributed by atoms with Gasteiger partial charge in [0.2, 0.25) is 0 Å². The third-order valence-electron chi connectivity index (χ3n) is 4.60. The Labute approximate surface area is 195 Å². The highest BCUT2D eigenvalue weighted by Crippen LogP contribution is 2.32. The maximum atomic E-state index is 12.4. The number of thioether (sulfide) groups is 1. The SMILES string of the molecule is CCOc1cc(/C=C2\SC(=S)NC2=O)ccc1OCC(=O)Nc1ccc2ccccc2c1. The molecule has 32 heavy (non-hydrogen) atoms. The van der Waals surface area contributed by atoms with Crippen molar-refractivity contribution in [2.45, 2.75) is 6.92 Å². The van der Waals surface area contributed by atoms with Crippen molar-refractivity contribution in [3.8, 4) is 11.5 Å². The van der Waals surface area contributed by atoms with Crippen LogP contribution in [0, 0.1) is 0 Å². The van der Waals surface area contributed by atoms with Gasteiger partial charge in [0.1, 0.15) is 4.32 Å². The first-order chi connectivity index (χ1) is 15.5. The number of nitrogens with one attached hydrogen (secondary N) is 2. The molecule has 0 aromatic heterocycles. The summed E-state index contributed by atoms with van der Waals surface area (Å²) in [5, 5.41) is 7.59. The molecular formula is C24H20N2O4S2. The van der Waals surface area contributed by atoms with Crippen LogP contribution in [0.2, 0.25) is 0 Å². The highest BCUT2D eigenvalue weighted by molar-refractivity contribution is 8.26. The van der Waals surface area contributed by atoms with Crippen molar-refractivity contribution in [3.63, 3.8) is 0 Å². The molecule has 0 saturated carbocycles. The second-order valence-electron chi connectivity index (χ2n) is 6.89. The monoisotopic (exact) mass is 464 g/mol. The highest BCUT2D eigenvalue weighted by atomic mass is 32.2. The van der Waals surface area contributed by atoms with Crippen LogP contribution in [0.15, 0.2) is 65.6 Å². The molecule has 8 heteroatoms. The Morgan fingerprint density at radius 3 is 2.62 bits per heavy atom. The van der Waals surface area contributed by atoms with E-state index in [9.17, 15) is 9.59 Å². The van der Waals surface area contributed by atoms with E-state index in [1.54, 1.807) is 24.3 Å². The Morgan fingerprint density at radius 2 is 1.88 bits per heavy atom. The van der Waals surface area contributed by atoms with E-state index in [1.165, 1.54) is 11.8 Å². The molecule has 0 atom stereocenters. The molecule has 1 saturated heterocycles. The minimum absolute atomic E-state index is 0.167. The summed E-state index contributed by atoms with van der Waals surface area (Å²) in [6, 6.07) is 19.0. The molecule has 6 nitrogen and oxygen atoms in total. The van der Waals surface area contributed by atoms with Crippen molar-refractivity contribution in [2.75, 3.05) is 18.5 Å². The lowest BCUT2D eigenvalue weighted by molar-refractivity contribution is -0.118. The number of anilines is 1. The lowest BCUT2D eigenvalue weighted by Crippen LogP contribution is -2.20. The standard InChI is InChI=1S/C24H20N2O4S2/c1-2-29-20-11-15(12-21-23(28)26-24(31)32-21)7-10-19(20)30-14-22(27)25-18-9-8-16-5-3-4-6-17(16)13-18/h3-13H,2,14H2,1H3,(H,25,27)(H,26,28,31)/b21-12-. The topological polar surface area (TPSA) is 76.7 Å². The molecule has 3 aromatic rings. The predicted octanol–water partition coefficient (Wildman–Crippen LogP) is 4.74. The summed E-state index contributed by atoms with van der Waals surface area (Å²) in [7, 11) is 0. The van der Waals surface area contributed by atoms with Crippen LogP contribution in [0.25, 0.3) is 16.8 Å². The first kappa shape index (κ1) is 21.9. The third-order valence-corrected chi connectivity index (χ3v) is 5.76. The van der Waals surface area contributed by atoms with Gasteiger partial charge in [-0.25, -0.2) is 0 Å². The molecule has 2 N–H and O–H groups in total. The number of hydrogen-bond donors (Lipinski definition) is 2. The van der Waals surface area contributed by atoms with Crippen LogP contribution in [0.3, 0.4) is 0 Å². The number of fused-ring (bicyclic) bond motifs is 1. The van der Waals surface area contributed by atoms with Gasteiger partial charge in [0.25, 0.3) is 11.8 Å². The minimum atomic E-state index is -0.276. The number of carbonyl (C=O) groups is 2. The van der Waals surface area contributed by atoms with Crippen molar-refractivity contribution in [3.05, 3.63) is 71.1 Å². The van der Waals surface area contributed by atoms with Crippen LogP contribution in [0.4, 0.5) is 5.69 Å². The van der Waals surface area contributed by atoms with Crippen molar-refractivity contribution in [1.82, 2.24) is 5.32 Å². The molecule has 0 radical (unpaired) electrons. The fourth-order valence-corrected chi connectivity index (χ4v) is 4.23. The molecule has 0 spiro atoms. The lowest BCUT2D eigenvalue weighted by atomic mass is 10.1. The Balaban J connectivity index is 1.43. The smallest absolute Gasteiger partial charge is 0.263 e. The lowest BCUT2D eigenvalue weighted by Gasteiger charge is -2.13. The molecule has 1 fully saturated rings. The Bertz CT molecular complexity index is 1240. The van der Waals surface area contributed by atoms with Gasteiger partial charge >= 0.3 is 0 Å². The van der Waals surface area contributed by atoms with E-state index >= 15 is 0 Å². The van der Waals surface area contributed by atoms with E-state index < -0.39 is 0 Å². The molecule has 1 aliphatic rings. The average molecular weight is 465 g/mol. The summed E-state index contributed by atoms with van der Waals surface area (Å²) >= 11 is 6.23. The molecule has 4 rings (SSSR count). The summed E-state index contributed by atoms with van der Waals surface area (Å²) in [6.07, 6.45) is 1.73. The second-order valence-corrected chi connectivity index (χ2v) is 8.61. The Morgan fingerprint density at radius 1 is 1.06 bits per heavy atom. The Hall–Kier alpha value is -3.36. The van der Waals surface area contributed by atoms with Gasteiger partial charge in [-0.3, -0.25) is 9.59 Å². The fourth-order valence-electron chi connectivity index (χ4n) is 3.18. The molecule has 3 aromatic carbocycles. The maximum Gasteiger partial charge on any atom is 0.263 e. The predicted molar refractivity (Wildman–Crippen MR) is 132 cm³/mol. The zero-order valence-corrected chi connectivity index (χ0v) is 18.8. The minimum Gasteiger partial charge on any atom is -0.490 e. The molecule has 2 amide bonds. The summed E-state index contributed by atoms with van der Waals surface area (Å²) in [5.74, 6) is 0.443. The number of carbonyl (C=O) groups excluding carboxylic acids is 2. The van der Waals surface area contributed by atoms with E-state index in [-0.39, 0.29) is 18.4 Å². The van der Waals surface area contributed by atoms with Crippen LogP contribution in [0.1, 0.15) is 12.5 Å². The first-order valence-corrected chi connectivity index (χ1v) is 11.2. The molecule has 162 valence electrons. The van der Waals surface area contributed by atoms with E-state index in [0.717, 1.165) is 16.3 Å². The molecule has 0 unspecified atom stereocenters. The van der Waals surface area contributed by atoms with Gasteiger partial charge in [-0.05, 0) is 53.6 Å². The van der Waals surface area contributed by atoms with Gasteiger partial charge in [-0.2, -0.15) is 0 Å². The quantitative estimate of drug-likeness (QED) is 0.388. The van der Waals surface area contributed by atoms with Gasteiger partial charge in [0, 0.05) is 5.69 Å². The molecule has 1 aliphatic heterocycles. The number of ether oxygens (including phenoxy) is 2. The van der Waals surface area contributed by atoms with Crippen LogP contribution in [0.5, 0.6) is 11.5 Å². The van der Waals surface area contributed by atoms with Gasteiger partial charge in [-0.15, -0.1) is 0 Å². The summed E-state index contributed by atoms with van der Waals surface area (Å²) in [5.41, 5.74) is 1.47. The van der Waals surface area contributed by atoms with E-state index in [2.05, 4.69) is 10.6 Å². The zero-order valence-electron chi connectivity index (χ0n) is 17.2.